The van der Waals surface area contributed by atoms with E-state index in [4.69, 9.17) is 15.2 Å². The van der Waals surface area contributed by atoms with E-state index in [1.165, 1.54) is 47.1 Å². The van der Waals surface area contributed by atoms with Gasteiger partial charge >= 0.3 is 0 Å². The molecule has 2 aromatic rings. The van der Waals surface area contributed by atoms with Crippen molar-refractivity contribution in [1.82, 2.24) is 5.32 Å². The first kappa shape index (κ1) is 26.9. The van der Waals surface area contributed by atoms with Crippen molar-refractivity contribution in [3.05, 3.63) is 63.2 Å². The second-order valence-electron chi connectivity index (χ2n) is 10.7. The molecule has 6 heteroatoms. The van der Waals surface area contributed by atoms with E-state index in [1.54, 1.807) is 6.08 Å². The quantitative estimate of drug-likeness (QED) is 0.261. The SMILES string of the molecule is Cc1c(C)c2c(c(C)c1CCCCCCN)CCC(C)(COc1ccc(/C=C3\CC(=O)NC3=O)cc1)O2. The fourth-order valence-corrected chi connectivity index (χ4v) is 5.38. The second kappa shape index (κ2) is 11.5. The summed E-state index contributed by atoms with van der Waals surface area (Å²) in [5, 5.41) is 2.31. The summed E-state index contributed by atoms with van der Waals surface area (Å²) in [6.45, 7) is 10.0. The van der Waals surface area contributed by atoms with Crippen LogP contribution in [0.25, 0.3) is 6.08 Å². The zero-order chi connectivity index (χ0) is 26.6. The number of fused-ring (bicyclic) bond motifs is 1. The van der Waals surface area contributed by atoms with Gasteiger partial charge in [-0.3, -0.25) is 14.9 Å². The van der Waals surface area contributed by atoms with Crippen molar-refractivity contribution in [2.45, 2.75) is 84.7 Å². The normalized spacial score (nSPS) is 20.1. The highest BCUT2D eigenvalue weighted by atomic mass is 16.5. The molecular weight excluding hydrogens is 464 g/mol. The van der Waals surface area contributed by atoms with Crippen LogP contribution in [0.4, 0.5) is 0 Å². The maximum atomic E-state index is 11.8. The Balaban J connectivity index is 1.40. The van der Waals surface area contributed by atoms with Gasteiger partial charge in [-0.2, -0.15) is 0 Å². The van der Waals surface area contributed by atoms with Gasteiger partial charge in [-0.1, -0.05) is 25.0 Å². The topological polar surface area (TPSA) is 90.6 Å². The zero-order valence-corrected chi connectivity index (χ0v) is 22.7. The Labute approximate surface area is 220 Å². The van der Waals surface area contributed by atoms with Crippen LogP contribution in [0.3, 0.4) is 0 Å². The summed E-state index contributed by atoms with van der Waals surface area (Å²) in [4.78, 5) is 23.2. The van der Waals surface area contributed by atoms with Gasteiger partial charge in [0.25, 0.3) is 5.91 Å². The molecular formula is C31H40N2O4. The predicted molar refractivity (Wildman–Crippen MR) is 147 cm³/mol. The van der Waals surface area contributed by atoms with E-state index in [9.17, 15) is 9.59 Å². The summed E-state index contributed by atoms with van der Waals surface area (Å²) in [5.41, 5.74) is 13.4. The van der Waals surface area contributed by atoms with Crippen LogP contribution in [0.1, 0.15) is 78.8 Å². The fraction of sp³-hybridized carbons (Fsp3) is 0.484. The number of unbranched alkanes of at least 4 members (excludes halogenated alkanes) is 3. The van der Waals surface area contributed by atoms with Crippen LogP contribution in [0.2, 0.25) is 0 Å². The Bertz CT molecular complexity index is 1200. The number of amides is 2. The van der Waals surface area contributed by atoms with Crippen molar-refractivity contribution in [3.8, 4) is 11.5 Å². The smallest absolute Gasteiger partial charge is 0.254 e. The summed E-state index contributed by atoms with van der Waals surface area (Å²) in [6, 6.07) is 7.57. The largest absolute Gasteiger partial charge is 0.489 e. The Kier molecular flexibility index (Phi) is 8.38. The summed E-state index contributed by atoms with van der Waals surface area (Å²) >= 11 is 0. The van der Waals surface area contributed by atoms with Gasteiger partial charge in [0, 0.05) is 5.57 Å². The van der Waals surface area contributed by atoms with E-state index in [1.807, 2.05) is 24.3 Å². The standard InChI is InChI=1S/C31H40N2O4/c1-20-21(2)29-27(22(3)26(20)9-7-5-6-8-16-32)14-15-31(4,37-29)19-36-25-12-10-23(11-13-25)17-24-18-28(34)33-30(24)35/h10-13,17H,5-9,14-16,18-19,32H2,1-4H3,(H,33,34,35)/b24-17+. The Morgan fingerprint density at radius 2 is 1.76 bits per heavy atom. The van der Waals surface area contributed by atoms with Crippen LogP contribution < -0.4 is 20.5 Å². The molecule has 0 spiro atoms. The number of nitrogens with one attached hydrogen (secondary N) is 1. The third-order valence-electron chi connectivity index (χ3n) is 7.83. The molecule has 198 valence electrons. The van der Waals surface area contributed by atoms with Crippen molar-refractivity contribution < 1.29 is 19.1 Å². The van der Waals surface area contributed by atoms with Gasteiger partial charge in [-0.05, 0) is 118 Å². The van der Waals surface area contributed by atoms with Crippen LogP contribution >= 0.6 is 0 Å². The van der Waals surface area contributed by atoms with Gasteiger partial charge in [0.15, 0.2) is 0 Å². The average molecular weight is 505 g/mol. The molecule has 0 aliphatic carbocycles. The molecule has 2 aliphatic heterocycles. The lowest BCUT2D eigenvalue weighted by Gasteiger charge is -2.38. The number of rotatable bonds is 10. The molecule has 1 unspecified atom stereocenters. The van der Waals surface area contributed by atoms with Crippen molar-refractivity contribution in [1.29, 1.82) is 0 Å². The minimum absolute atomic E-state index is 0.128. The van der Waals surface area contributed by atoms with E-state index < -0.39 is 5.60 Å². The molecule has 0 saturated carbocycles. The average Bonchev–Trinajstić information content (AvgIpc) is 3.20. The third-order valence-corrected chi connectivity index (χ3v) is 7.83. The number of ether oxygens (including phenoxy) is 2. The molecule has 1 saturated heterocycles. The number of carbonyl (C=O) groups is 2. The number of hydrogen-bond acceptors (Lipinski definition) is 5. The molecule has 2 amide bonds. The van der Waals surface area contributed by atoms with Crippen molar-refractivity contribution in [3.63, 3.8) is 0 Å². The van der Waals surface area contributed by atoms with Gasteiger partial charge < -0.3 is 15.2 Å². The molecule has 3 N–H and O–H groups in total. The number of hydrogen-bond donors (Lipinski definition) is 2. The first-order chi connectivity index (χ1) is 17.7. The zero-order valence-electron chi connectivity index (χ0n) is 22.7. The van der Waals surface area contributed by atoms with Gasteiger partial charge in [0.1, 0.15) is 23.7 Å². The highest BCUT2D eigenvalue weighted by molar-refractivity contribution is 6.15. The highest BCUT2D eigenvalue weighted by Gasteiger charge is 2.35. The van der Waals surface area contributed by atoms with E-state index in [2.05, 4.69) is 33.0 Å². The second-order valence-corrected chi connectivity index (χ2v) is 10.7. The summed E-state index contributed by atoms with van der Waals surface area (Å²) in [5.74, 6) is 1.21. The Morgan fingerprint density at radius 3 is 2.43 bits per heavy atom. The van der Waals surface area contributed by atoms with E-state index in [-0.39, 0.29) is 18.2 Å². The monoisotopic (exact) mass is 504 g/mol. The van der Waals surface area contributed by atoms with Gasteiger partial charge in [0.05, 0.1) is 6.42 Å². The summed E-state index contributed by atoms with van der Waals surface area (Å²) < 4.78 is 12.8. The molecule has 0 radical (unpaired) electrons. The van der Waals surface area contributed by atoms with Gasteiger partial charge in [-0.15, -0.1) is 0 Å². The lowest BCUT2D eigenvalue weighted by molar-refractivity contribution is -0.124. The van der Waals surface area contributed by atoms with Crippen LogP contribution in [-0.4, -0.2) is 30.6 Å². The third kappa shape index (κ3) is 6.24. The summed E-state index contributed by atoms with van der Waals surface area (Å²) in [7, 11) is 0. The maximum absolute atomic E-state index is 11.8. The van der Waals surface area contributed by atoms with Crippen molar-refractivity contribution in [2.24, 2.45) is 5.73 Å². The van der Waals surface area contributed by atoms with E-state index in [0.29, 0.717) is 12.2 Å². The molecule has 2 aliphatic rings. The Morgan fingerprint density at radius 1 is 1.03 bits per heavy atom. The fourth-order valence-electron chi connectivity index (χ4n) is 5.38. The number of benzene rings is 2. The predicted octanol–water partition coefficient (Wildman–Crippen LogP) is 5.27. The molecule has 0 bridgehead atoms. The molecule has 2 aromatic carbocycles. The molecule has 0 aromatic heterocycles. The van der Waals surface area contributed by atoms with Crippen LogP contribution in [0.5, 0.6) is 11.5 Å². The van der Waals surface area contributed by atoms with Gasteiger partial charge in [-0.25, -0.2) is 0 Å². The number of imide groups is 1. The van der Waals surface area contributed by atoms with Crippen LogP contribution in [-0.2, 0) is 22.4 Å². The lowest BCUT2D eigenvalue weighted by atomic mass is 9.84. The molecule has 4 rings (SSSR count). The van der Waals surface area contributed by atoms with Gasteiger partial charge in [0.2, 0.25) is 5.91 Å². The summed E-state index contributed by atoms with van der Waals surface area (Å²) in [6.07, 6.45) is 9.61. The molecule has 1 atom stereocenters. The van der Waals surface area contributed by atoms with Crippen molar-refractivity contribution in [2.75, 3.05) is 13.2 Å². The Hall–Kier alpha value is -3.12. The first-order valence-corrected chi connectivity index (χ1v) is 13.5. The van der Waals surface area contributed by atoms with E-state index in [0.717, 1.165) is 49.3 Å². The maximum Gasteiger partial charge on any atom is 0.254 e. The van der Waals surface area contributed by atoms with E-state index >= 15 is 0 Å². The molecule has 6 nitrogen and oxygen atoms in total. The number of nitrogens with two attached hydrogens (primary N) is 1. The van der Waals surface area contributed by atoms with Crippen LogP contribution in [0.15, 0.2) is 29.8 Å². The minimum Gasteiger partial charge on any atom is -0.489 e. The molecule has 2 heterocycles. The highest BCUT2D eigenvalue weighted by Crippen LogP contribution is 2.41. The molecule has 37 heavy (non-hydrogen) atoms. The minimum atomic E-state index is -0.413. The number of carbonyl (C=O) groups excluding carboxylic acids is 2. The van der Waals surface area contributed by atoms with Crippen molar-refractivity contribution >= 4 is 17.9 Å². The lowest BCUT2D eigenvalue weighted by Crippen LogP contribution is -2.42. The first-order valence-electron chi connectivity index (χ1n) is 13.5. The molecule has 1 fully saturated rings. The van der Waals surface area contributed by atoms with Crippen LogP contribution in [0, 0.1) is 20.8 Å².